The SMILES string of the molecule is CNCc1ccc(N2CCC(C)(C)CC2)nc1. The fraction of sp³-hybridized carbons (Fsp3) is 0.643. The van der Waals surface area contributed by atoms with Gasteiger partial charge in [-0.15, -0.1) is 0 Å². The highest BCUT2D eigenvalue weighted by Crippen LogP contribution is 2.31. The predicted octanol–water partition coefficient (Wildman–Crippen LogP) is 2.43. The van der Waals surface area contributed by atoms with E-state index in [1.54, 1.807) is 0 Å². The van der Waals surface area contributed by atoms with Crippen LogP contribution in [0.4, 0.5) is 5.82 Å². The first-order chi connectivity index (χ1) is 8.11. The van der Waals surface area contributed by atoms with E-state index < -0.39 is 0 Å². The number of rotatable bonds is 3. The molecule has 3 heteroatoms. The molecule has 1 aromatic rings. The van der Waals surface area contributed by atoms with Crippen molar-refractivity contribution < 1.29 is 0 Å². The van der Waals surface area contributed by atoms with Crippen molar-refractivity contribution in [3.63, 3.8) is 0 Å². The lowest BCUT2D eigenvalue weighted by molar-refractivity contribution is 0.279. The van der Waals surface area contributed by atoms with Gasteiger partial charge in [0.25, 0.3) is 0 Å². The van der Waals surface area contributed by atoms with Gasteiger partial charge < -0.3 is 10.2 Å². The van der Waals surface area contributed by atoms with E-state index in [0.717, 1.165) is 25.5 Å². The molecule has 1 aliphatic heterocycles. The second-order valence-electron chi connectivity index (χ2n) is 5.71. The molecule has 0 radical (unpaired) electrons. The van der Waals surface area contributed by atoms with Gasteiger partial charge in [0, 0.05) is 25.8 Å². The average Bonchev–Trinajstić information content (AvgIpc) is 2.31. The van der Waals surface area contributed by atoms with Crippen LogP contribution in [0.5, 0.6) is 0 Å². The minimum atomic E-state index is 0.503. The molecule has 0 aliphatic carbocycles. The molecule has 3 nitrogen and oxygen atoms in total. The second-order valence-corrected chi connectivity index (χ2v) is 5.71. The minimum absolute atomic E-state index is 0.503. The van der Waals surface area contributed by atoms with Crippen molar-refractivity contribution in [3.05, 3.63) is 23.9 Å². The van der Waals surface area contributed by atoms with Crippen LogP contribution in [0.25, 0.3) is 0 Å². The summed E-state index contributed by atoms with van der Waals surface area (Å²) < 4.78 is 0. The van der Waals surface area contributed by atoms with E-state index in [0.29, 0.717) is 5.41 Å². The van der Waals surface area contributed by atoms with E-state index in [2.05, 4.69) is 41.2 Å². The third-order valence-electron chi connectivity index (χ3n) is 3.63. The summed E-state index contributed by atoms with van der Waals surface area (Å²) in [5.74, 6) is 1.13. The zero-order chi connectivity index (χ0) is 12.3. The van der Waals surface area contributed by atoms with Gasteiger partial charge in [-0.1, -0.05) is 19.9 Å². The van der Waals surface area contributed by atoms with E-state index in [4.69, 9.17) is 0 Å². The Kier molecular flexibility index (Phi) is 3.67. The Bertz CT molecular complexity index is 346. The van der Waals surface area contributed by atoms with Gasteiger partial charge in [0.05, 0.1) is 0 Å². The summed E-state index contributed by atoms with van der Waals surface area (Å²) in [6.07, 6.45) is 4.49. The highest BCUT2D eigenvalue weighted by atomic mass is 15.2. The van der Waals surface area contributed by atoms with Crippen LogP contribution in [0.3, 0.4) is 0 Å². The number of nitrogens with one attached hydrogen (secondary N) is 1. The summed E-state index contributed by atoms with van der Waals surface area (Å²) in [7, 11) is 1.96. The van der Waals surface area contributed by atoms with E-state index in [1.165, 1.54) is 18.4 Å². The van der Waals surface area contributed by atoms with E-state index >= 15 is 0 Å². The van der Waals surface area contributed by atoms with Crippen LogP contribution in [-0.2, 0) is 6.54 Å². The Morgan fingerprint density at radius 2 is 2.00 bits per heavy atom. The summed E-state index contributed by atoms with van der Waals surface area (Å²) in [4.78, 5) is 6.95. The summed E-state index contributed by atoms with van der Waals surface area (Å²) >= 11 is 0. The Balaban J connectivity index is 1.99. The number of piperidine rings is 1. The van der Waals surface area contributed by atoms with Crippen LogP contribution in [0.2, 0.25) is 0 Å². The van der Waals surface area contributed by atoms with E-state index in [-0.39, 0.29) is 0 Å². The van der Waals surface area contributed by atoms with Crippen LogP contribution in [0.1, 0.15) is 32.3 Å². The number of hydrogen-bond donors (Lipinski definition) is 1. The molecule has 0 saturated carbocycles. The molecule has 1 saturated heterocycles. The fourth-order valence-electron chi connectivity index (χ4n) is 2.25. The first kappa shape index (κ1) is 12.4. The van der Waals surface area contributed by atoms with Crippen LogP contribution in [0, 0.1) is 5.41 Å². The van der Waals surface area contributed by atoms with Gasteiger partial charge in [-0.25, -0.2) is 4.98 Å². The molecule has 0 atom stereocenters. The average molecular weight is 233 g/mol. The monoisotopic (exact) mass is 233 g/mol. The molecule has 0 aromatic carbocycles. The first-order valence-electron chi connectivity index (χ1n) is 6.45. The first-order valence-corrected chi connectivity index (χ1v) is 6.45. The van der Waals surface area contributed by atoms with Crippen molar-refractivity contribution in [2.24, 2.45) is 5.41 Å². The standard InChI is InChI=1S/C14H23N3/c1-14(2)6-8-17(9-7-14)13-5-4-12(10-15-3)11-16-13/h4-5,11,15H,6-10H2,1-3H3. The van der Waals surface area contributed by atoms with Crippen molar-refractivity contribution in [2.75, 3.05) is 25.0 Å². The molecule has 0 unspecified atom stereocenters. The maximum Gasteiger partial charge on any atom is 0.128 e. The maximum absolute atomic E-state index is 4.55. The van der Waals surface area contributed by atoms with E-state index in [9.17, 15) is 0 Å². The van der Waals surface area contributed by atoms with Crippen molar-refractivity contribution in [1.82, 2.24) is 10.3 Å². The lowest BCUT2D eigenvalue weighted by Crippen LogP contribution is -2.37. The molecular formula is C14H23N3. The molecule has 0 spiro atoms. The van der Waals surface area contributed by atoms with Gasteiger partial charge in [-0.3, -0.25) is 0 Å². The van der Waals surface area contributed by atoms with Crippen molar-refractivity contribution in [2.45, 2.75) is 33.2 Å². The second kappa shape index (κ2) is 5.05. The van der Waals surface area contributed by atoms with Gasteiger partial charge in [-0.05, 0) is 36.9 Å². The van der Waals surface area contributed by atoms with Crippen LogP contribution >= 0.6 is 0 Å². The van der Waals surface area contributed by atoms with Gasteiger partial charge in [0.2, 0.25) is 0 Å². The molecular weight excluding hydrogens is 210 g/mol. The number of hydrogen-bond acceptors (Lipinski definition) is 3. The summed E-state index contributed by atoms with van der Waals surface area (Å²) in [6, 6.07) is 4.31. The number of pyridine rings is 1. The Labute approximate surface area is 104 Å². The molecule has 94 valence electrons. The summed E-state index contributed by atoms with van der Waals surface area (Å²) in [5.41, 5.74) is 1.75. The zero-order valence-electron chi connectivity index (χ0n) is 11.2. The fourth-order valence-corrected chi connectivity index (χ4v) is 2.25. The van der Waals surface area contributed by atoms with Crippen LogP contribution < -0.4 is 10.2 Å². The quantitative estimate of drug-likeness (QED) is 0.869. The number of anilines is 1. The maximum atomic E-state index is 4.55. The van der Waals surface area contributed by atoms with Gasteiger partial charge >= 0.3 is 0 Å². The zero-order valence-corrected chi connectivity index (χ0v) is 11.2. The molecule has 0 amide bonds. The molecule has 1 aliphatic rings. The lowest BCUT2D eigenvalue weighted by atomic mass is 9.83. The minimum Gasteiger partial charge on any atom is -0.357 e. The molecule has 2 rings (SSSR count). The molecule has 0 bridgehead atoms. The Morgan fingerprint density at radius 3 is 2.53 bits per heavy atom. The lowest BCUT2D eigenvalue weighted by Gasteiger charge is -2.37. The van der Waals surface area contributed by atoms with E-state index in [1.807, 2.05) is 13.2 Å². The highest BCUT2D eigenvalue weighted by molar-refractivity contribution is 5.39. The molecule has 2 heterocycles. The largest absolute Gasteiger partial charge is 0.357 e. The molecule has 1 aromatic heterocycles. The molecule has 1 N–H and O–H groups in total. The topological polar surface area (TPSA) is 28.2 Å². The third kappa shape index (κ3) is 3.19. The Hall–Kier alpha value is -1.09. The van der Waals surface area contributed by atoms with Crippen LogP contribution in [0.15, 0.2) is 18.3 Å². The van der Waals surface area contributed by atoms with Crippen molar-refractivity contribution in [3.8, 4) is 0 Å². The van der Waals surface area contributed by atoms with Crippen molar-refractivity contribution in [1.29, 1.82) is 0 Å². The predicted molar refractivity (Wildman–Crippen MR) is 72.2 cm³/mol. The molecule has 1 fully saturated rings. The van der Waals surface area contributed by atoms with Gasteiger partial charge in [0.15, 0.2) is 0 Å². The summed E-state index contributed by atoms with van der Waals surface area (Å²) in [5, 5.41) is 3.14. The van der Waals surface area contributed by atoms with Gasteiger partial charge in [-0.2, -0.15) is 0 Å². The highest BCUT2D eigenvalue weighted by Gasteiger charge is 2.25. The smallest absolute Gasteiger partial charge is 0.128 e. The number of aromatic nitrogens is 1. The molecule has 17 heavy (non-hydrogen) atoms. The van der Waals surface area contributed by atoms with Gasteiger partial charge in [0.1, 0.15) is 5.82 Å². The Morgan fingerprint density at radius 1 is 1.29 bits per heavy atom. The van der Waals surface area contributed by atoms with Crippen molar-refractivity contribution >= 4 is 5.82 Å². The summed E-state index contributed by atoms with van der Waals surface area (Å²) in [6.45, 7) is 7.86. The number of nitrogens with zero attached hydrogens (tertiary/aromatic N) is 2. The third-order valence-corrected chi connectivity index (χ3v) is 3.63. The van der Waals surface area contributed by atoms with Crippen LogP contribution in [-0.4, -0.2) is 25.1 Å². The normalized spacial score (nSPS) is 19.4.